The third-order valence-electron chi connectivity index (χ3n) is 3.81. The summed E-state index contributed by atoms with van der Waals surface area (Å²) in [6, 6.07) is 11.9. The van der Waals surface area contributed by atoms with Crippen molar-refractivity contribution in [1.82, 2.24) is 0 Å². The van der Waals surface area contributed by atoms with E-state index in [9.17, 15) is 9.18 Å². The second-order valence-electron chi connectivity index (χ2n) is 5.81. The SMILES string of the molecule is CCC(Oc1ccc(CC=NOCc2ccccc2F)cc1C)C(=O)O. The number of benzene rings is 2. The van der Waals surface area contributed by atoms with E-state index in [0.717, 1.165) is 11.1 Å². The number of aryl methyl sites for hydroxylation is 1. The quantitative estimate of drug-likeness (QED) is 0.540. The van der Waals surface area contributed by atoms with Crippen LogP contribution >= 0.6 is 0 Å². The topological polar surface area (TPSA) is 68.1 Å². The number of halogens is 1. The van der Waals surface area contributed by atoms with Crippen molar-refractivity contribution in [3.05, 3.63) is 65.0 Å². The third-order valence-corrected chi connectivity index (χ3v) is 3.81. The van der Waals surface area contributed by atoms with Crippen molar-refractivity contribution in [3.63, 3.8) is 0 Å². The lowest BCUT2D eigenvalue weighted by atomic mass is 10.1. The zero-order chi connectivity index (χ0) is 18.9. The van der Waals surface area contributed by atoms with Crippen molar-refractivity contribution in [3.8, 4) is 5.75 Å². The lowest BCUT2D eigenvalue weighted by Crippen LogP contribution is -2.26. The van der Waals surface area contributed by atoms with E-state index in [1.165, 1.54) is 6.07 Å². The molecule has 2 aromatic rings. The van der Waals surface area contributed by atoms with E-state index >= 15 is 0 Å². The van der Waals surface area contributed by atoms with Gasteiger partial charge in [0.15, 0.2) is 6.10 Å². The van der Waals surface area contributed by atoms with Crippen LogP contribution in [0.2, 0.25) is 0 Å². The highest BCUT2D eigenvalue weighted by atomic mass is 19.1. The molecule has 0 spiro atoms. The van der Waals surface area contributed by atoms with Gasteiger partial charge in [-0.25, -0.2) is 9.18 Å². The van der Waals surface area contributed by atoms with Crippen molar-refractivity contribution in [1.29, 1.82) is 0 Å². The summed E-state index contributed by atoms with van der Waals surface area (Å²) in [5.74, 6) is -0.744. The van der Waals surface area contributed by atoms with Gasteiger partial charge in [-0.3, -0.25) is 0 Å². The van der Waals surface area contributed by atoms with Gasteiger partial charge in [-0.1, -0.05) is 42.4 Å². The van der Waals surface area contributed by atoms with Crippen LogP contribution < -0.4 is 4.74 Å². The van der Waals surface area contributed by atoms with Crippen LogP contribution in [0.3, 0.4) is 0 Å². The Hall–Kier alpha value is -2.89. The number of rotatable bonds is 9. The minimum atomic E-state index is -0.977. The summed E-state index contributed by atoms with van der Waals surface area (Å²) in [6.45, 7) is 3.70. The van der Waals surface area contributed by atoms with E-state index in [0.29, 0.717) is 24.2 Å². The number of carboxylic acids is 1. The van der Waals surface area contributed by atoms with Gasteiger partial charge >= 0.3 is 5.97 Å². The van der Waals surface area contributed by atoms with Gasteiger partial charge in [-0.15, -0.1) is 0 Å². The van der Waals surface area contributed by atoms with Crippen LogP contribution in [-0.2, 0) is 22.7 Å². The van der Waals surface area contributed by atoms with Gasteiger partial charge in [0.2, 0.25) is 0 Å². The first kappa shape index (κ1) is 19.4. The molecule has 0 aromatic heterocycles. The molecule has 2 aromatic carbocycles. The number of carboxylic acid groups (broad SMARTS) is 1. The number of hydrogen-bond acceptors (Lipinski definition) is 4. The second kappa shape index (κ2) is 9.56. The Bertz CT molecular complexity index is 776. The molecule has 2 rings (SSSR count). The highest BCUT2D eigenvalue weighted by molar-refractivity contribution is 5.72. The van der Waals surface area contributed by atoms with Gasteiger partial charge in [0.05, 0.1) is 0 Å². The van der Waals surface area contributed by atoms with E-state index in [2.05, 4.69) is 5.16 Å². The van der Waals surface area contributed by atoms with Crippen LogP contribution in [-0.4, -0.2) is 23.4 Å². The van der Waals surface area contributed by atoms with Gasteiger partial charge in [0.1, 0.15) is 18.2 Å². The summed E-state index contributed by atoms with van der Waals surface area (Å²) >= 11 is 0. The molecule has 0 bridgehead atoms. The fraction of sp³-hybridized carbons (Fsp3) is 0.300. The Morgan fingerprint density at radius 3 is 2.73 bits per heavy atom. The Morgan fingerprint density at radius 1 is 1.31 bits per heavy atom. The van der Waals surface area contributed by atoms with Crippen molar-refractivity contribution >= 4 is 12.2 Å². The van der Waals surface area contributed by atoms with Crippen molar-refractivity contribution in [2.45, 2.75) is 39.4 Å². The smallest absolute Gasteiger partial charge is 0.344 e. The molecule has 0 saturated heterocycles. The first-order chi connectivity index (χ1) is 12.5. The first-order valence-electron chi connectivity index (χ1n) is 8.37. The number of nitrogens with zero attached hydrogens (tertiary/aromatic N) is 1. The number of aliphatic carboxylic acids is 1. The zero-order valence-corrected chi connectivity index (χ0v) is 14.8. The highest BCUT2D eigenvalue weighted by Gasteiger charge is 2.17. The van der Waals surface area contributed by atoms with Gasteiger partial charge in [0, 0.05) is 18.2 Å². The maximum absolute atomic E-state index is 13.4. The van der Waals surface area contributed by atoms with E-state index < -0.39 is 12.1 Å². The monoisotopic (exact) mass is 359 g/mol. The summed E-state index contributed by atoms with van der Waals surface area (Å²) in [4.78, 5) is 16.2. The van der Waals surface area contributed by atoms with E-state index in [-0.39, 0.29) is 12.4 Å². The third kappa shape index (κ3) is 5.58. The molecular formula is C20H22FNO4. The summed E-state index contributed by atoms with van der Waals surface area (Å²) in [5, 5.41) is 12.9. The molecule has 1 unspecified atom stereocenters. The predicted octanol–water partition coefficient (Wildman–Crippen LogP) is 4.12. The van der Waals surface area contributed by atoms with Crippen molar-refractivity contribution in [2.24, 2.45) is 5.16 Å². The fourth-order valence-electron chi connectivity index (χ4n) is 2.35. The molecule has 5 nitrogen and oxygen atoms in total. The lowest BCUT2D eigenvalue weighted by Gasteiger charge is -2.15. The Morgan fingerprint density at radius 2 is 2.08 bits per heavy atom. The lowest BCUT2D eigenvalue weighted by molar-refractivity contribution is -0.145. The summed E-state index contributed by atoms with van der Waals surface area (Å²) < 4.78 is 19.0. The van der Waals surface area contributed by atoms with Crippen LogP contribution in [0.5, 0.6) is 5.75 Å². The van der Waals surface area contributed by atoms with Gasteiger partial charge in [-0.05, 0) is 36.6 Å². The molecule has 0 fully saturated rings. The maximum Gasteiger partial charge on any atom is 0.344 e. The molecule has 1 N–H and O–H groups in total. The number of hydrogen-bond donors (Lipinski definition) is 1. The number of ether oxygens (including phenoxy) is 1. The van der Waals surface area contributed by atoms with Crippen LogP contribution in [0.25, 0.3) is 0 Å². The van der Waals surface area contributed by atoms with Crippen LogP contribution in [0, 0.1) is 12.7 Å². The standard InChI is InChI=1S/C20H22FNO4/c1-3-18(20(23)24)26-19-9-8-15(12-14(19)2)10-11-22-25-13-16-6-4-5-7-17(16)21/h4-9,11-12,18H,3,10,13H2,1-2H3,(H,23,24). The van der Waals surface area contributed by atoms with Crippen molar-refractivity contribution in [2.75, 3.05) is 0 Å². The molecule has 6 heteroatoms. The van der Waals surface area contributed by atoms with Crippen molar-refractivity contribution < 1.29 is 23.9 Å². The van der Waals surface area contributed by atoms with Gasteiger partial charge < -0.3 is 14.7 Å². The van der Waals surface area contributed by atoms with Crippen LogP contribution in [0.1, 0.15) is 30.0 Å². The highest BCUT2D eigenvalue weighted by Crippen LogP contribution is 2.21. The van der Waals surface area contributed by atoms with Crippen LogP contribution in [0.15, 0.2) is 47.6 Å². The summed E-state index contributed by atoms with van der Waals surface area (Å²) in [5.41, 5.74) is 2.28. The Labute approximate surface area is 152 Å². The molecule has 26 heavy (non-hydrogen) atoms. The molecule has 1 atom stereocenters. The minimum absolute atomic E-state index is 0.0720. The molecular weight excluding hydrogens is 337 g/mol. The molecule has 0 heterocycles. The average Bonchev–Trinajstić information content (AvgIpc) is 2.62. The predicted molar refractivity (Wildman–Crippen MR) is 96.9 cm³/mol. The molecule has 0 aliphatic rings. The number of carbonyl (C=O) groups is 1. The number of oxime groups is 1. The van der Waals surface area contributed by atoms with Gasteiger partial charge in [-0.2, -0.15) is 0 Å². The average molecular weight is 359 g/mol. The molecule has 0 radical (unpaired) electrons. The maximum atomic E-state index is 13.4. The van der Waals surface area contributed by atoms with Crippen LogP contribution in [0.4, 0.5) is 4.39 Å². The molecule has 0 saturated carbocycles. The molecule has 0 aliphatic carbocycles. The van der Waals surface area contributed by atoms with E-state index in [1.807, 2.05) is 19.1 Å². The summed E-state index contributed by atoms with van der Waals surface area (Å²) in [7, 11) is 0. The van der Waals surface area contributed by atoms with Gasteiger partial charge in [0.25, 0.3) is 0 Å². The molecule has 0 amide bonds. The Kier molecular flexibility index (Phi) is 7.14. The molecule has 0 aliphatic heterocycles. The minimum Gasteiger partial charge on any atom is -0.479 e. The fourth-order valence-corrected chi connectivity index (χ4v) is 2.35. The zero-order valence-electron chi connectivity index (χ0n) is 14.8. The first-order valence-corrected chi connectivity index (χ1v) is 8.37. The second-order valence-corrected chi connectivity index (χ2v) is 5.81. The summed E-state index contributed by atoms with van der Waals surface area (Å²) in [6.07, 6.45) is 1.67. The van der Waals surface area contributed by atoms with E-state index in [4.69, 9.17) is 14.7 Å². The normalized spacial score (nSPS) is 12.1. The largest absolute Gasteiger partial charge is 0.479 e. The van der Waals surface area contributed by atoms with E-state index in [1.54, 1.807) is 37.4 Å². The Balaban J connectivity index is 1.87. The molecule has 138 valence electrons.